The fourth-order valence-electron chi connectivity index (χ4n) is 3.14. The molecular formula is C21H14F3N3O. The number of carbonyl (C=O) groups is 1. The van der Waals surface area contributed by atoms with Crippen molar-refractivity contribution >= 4 is 22.6 Å². The molecule has 0 unspecified atom stereocenters. The Labute approximate surface area is 158 Å². The highest BCUT2D eigenvalue weighted by Crippen LogP contribution is 2.29. The van der Waals surface area contributed by atoms with Crippen LogP contribution in [0.3, 0.4) is 0 Å². The summed E-state index contributed by atoms with van der Waals surface area (Å²) in [5.74, 6) is -4.01. The maximum atomic E-state index is 14.6. The second kappa shape index (κ2) is 6.84. The van der Waals surface area contributed by atoms with Crippen LogP contribution in [0.1, 0.15) is 10.4 Å². The number of pyridine rings is 1. The number of para-hydroxylation sites is 1. The molecule has 0 saturated heterocycles. The minimum Gasteiger partial charge on any atom is -0.343 e. The largest absolute Gasteiger partial charge is 0.343 e. The first-order valence-corrected chi connectivity index (χ1v) is 8.42. The van der Waals surface area contributed by atoms with E-state index in [1.54, 1.807) is 0 Å². The fourth-order valence-corrected chi connectivity index (χ4v) is 3.14. The number of nitrogens with zero attached hydrogens (tertiary/aromatic N) is 2. The molecule has 7 heteroatoms. The van der Waals surface area contributed by atoms with Crippen molar-refractivity contribution in [2.75, 3.05) is 5.32 Å². The van der Waals surface area contributed by atoms with E-state index in [-0.39, 0.29) is 11.4 Å². The average molecular weight is 381 g/mol. The molecule has 2 aromatic carbocycles. The SMILES string of the molecule is Cn1c(-c2ccc(NC(=O)c3c(F)cccc3F)nc2F)cc2ccccc21. The molecule has 0 radical (unpaired) electrons. The Kier molecular flexibility index (Phi) is 4.35. The van der Waals surface area contributed by atoms with Gasteiger partial charge in [-0.3, -0.25) is 4.79 Å². The summed E-state index contributed by atoms with van der Waals surface area (Å²) in [6, 6.07) is 15.4. The number of amides is 1. The third kappa shape index (κ3) is 3.00. The average Bonchev–Trinajstić information content (AvgIpc) is 2.98. The van der Waals surface area contributed by atoms with Gasteiger partial charge >= 0.3 is 0 Å². The Bertz CT molecular complexity index is 1200. The van der Waals surface area contributed by atoms with Crippen molar-refractivity contribution in [3.05, 3.63) is 83.8 Å². The van der Waals surface area contributed by atoms with Gasteiger partial charge in [-0.2, -0.15) is 4.39 Å². The smallest absolute Gasteiger partial charge is 0.262 e. The zero-order valence-corrected chi connectivity index (χ0v) is 14.7. The molecule has 2 aromatic heterocycles. The lowest BCUT2D eigenvalue weighted by molar-refractivity contribution is 0.101. The summed E-state index contributed by atoms with van der Waals surface area (Å²) in [7, 11) is 1.81. The molecule has 1 amide bonds. The quantitative estimate of drug-likeness (QED) is 0.513. The van der Waals surface area contributed by atoms with E-state index in [1.165, 1.54) is 12.1 Å². The van der Waals surface area contributed by atoms with E-state index in [0.717, 1.165) is 29.1 Å². The highest BCUT2D eigenvalue weighted by atomic mass is 19.1. The zero-order valence-electron chi connectivity index (χ0n) is 14.7. The van der Waals surface area contributed by atoms with Crippen molar-refractivity contribution in [1.29, 1.82) is 0 Å². The van der Waals surface area contributed by atoms with Crippen molar-refractivity contribution in [1.82, 2.24) is 9.55 Å². The minimum absolute atomic E-state index is 0.146. The van der Waals surface area contributed by atoms with Gasteiger partial charge in [0.25, 0.3) is 5.91 Å². The van der Waals surface area contributed by atoms with Gasteiger partial charge < -0.3 is 9.88 Å². The number of benzene rings is 2. The second-order valence-electron chi connectivity index (χ2n) is 6.23. The lowest BCUT2D eigenvalue weighted by atomic mass is 10.1. The molecule has 0 aliphatic rings. The van der Waals surface area contributed by atoms with Crippen LogP contribution >= 0.6 is 0 Å². The van der Waals surface area contributed by atoms with E-state index < -0.39 is 29.1 Å². The second-order valence-corrected chi connectivity index (χ2v) is 6.23. The molecule has 4 nitrogen and oxygen atoms in total. The van der Waals surface area contributed by atoms with E-state index in [1.807, 2.05) is 41.9 Å². The lowest BCUT2D eigenvalue weighted by Gasteiger charge is -2.09. The molecule has 0 fully saturated rings. The number of hydrogen-bond donors (Lipinski definition) is 1. The van der Waals surface area contributed by atoms with Crippen LogP contribution in [0, 0.1) is 17.6 Å². The van der Waals surface area contributed by atoms with Crippen LogP contribution in [0.5, 0.6) is 0 Å². The van der Waals surface area contributed by atoms with Crippen molar-refractivity contribution < 1.29 is 18.0 Å². The number of aryl methyl sites for hydroxylation is 1. The van der Waals surface area contributed by atoms with Crippen LogP contribution in [0.4, 0.5) is 19.0 Å². The van der Waals surface area contributed by atoms with Gasteiger partial charge in [-0.25, -0.2) is 13.8 Å². The summed E-state index contributed by atoms with van der Waals surface area (Å²) < 4.78 is 43.9. The summed E-state index contributed by atoms with van der Waals surface area (Å²) in [5.41, 5.74) is 1.05. The van der Waals surface area contributed by atoms with E-state index >= 15 is 0 Å². The Morgan fingerprint density at radius 3 is 2.36 bits per heavy atom. The Morgan fingerprint density at radius 2 is 1.68 bits per heavy atom. The van der Waals surface area contributed by atoms with Crippen LogP contribution in [0.2, 0.25) is 0 Å². The highest BCUT2D eigenvalue weighted by molar-refractivity contribution is 6.04. The minimum atomic E-state index is -1.04. The number of fused-ring (bicyclic) bond motifs is 1. The van der Waals surface area contributed by atoms with Gasteiger partial charge in [-0.1, -0.05) is 24.3 Å². The maximum absolute atomic E-state index is 14.6. The number of hydrogen-bond acceptors (Lipinski definition) is 2. The Balaban J connectivity index is 1.66. The normalized spacial score (nSPS) is 11.0. The number of carbonyl (C=O) groups excluding carboxylic acids is 1. The predicted octanol–water partition coefficient (Wildman–Crippen LogP) is 4.91. The van der Waals surface area contributed by atoms with Gasteiger partial charge in [-0.15, -0.1) is 0 Å². The van der Waals surface area contributed by atoms with Gasteiger partial charge in [0, 0.05) is 18.0 Å². The monoisotopic (exact) mass is 381 g/mol. The first-order valence-electron chi connectivity index (χ1n) is 8.42. The van der Waals surface area contributed by atoms with Crippen LogP contribution in [-0.4, -0.2) is 15.5 Å². The van der Waals surface area contributed by atoms with Crippen LogP contribution in [-0.2, 0) is 7.05 Å². The highest BCUT2D eigenvalue weighted by Gasteiger charge is 2.19. The Hall–Kier alpha value is -3.61. The molecule has 28 heavy (non-hydrogen) atoms. The molecular weight excluding hydrogens is 367 g/mol. The molecule has 0 spiro atoms. The molecule has 0 saturated carbocycles. The summed E-state index contributed by atoms with van der Waals surface area (Å²) in [4.78, 5) is 15.9. The molecule has 0 aliphatic carbocycles. The lowest BCUT2D eigenvalue weighted by Crippen LogP contribution is -2.17. The first kappa shape index (κ1) is 17.8. The van der Waals surface area contributed by atoms with Gasteiger partial charge in [-0.05, 0) is 36.4 Å². The van der Waals surface area contributed by atoms with Gasteiger partial charge in [0.2, 0.25) is 5.95 Å². The Morgan fingerprint density at radius 1 is 0.964 bits per heavy atom. The van der Waals surface area contributed by atoms with Crippen molar-refractivity contribution in [2.24, 2.45) is 7.05 Å². The number of aromatic nitrogens is 2. The zero-order chi connectivity index (χ0) is 19.8. The maximum Gasteiger partial charge on any atom is 0.262 e. The number of rotatable bonds is 3. The molecule has 4 aromatic rings. The molecule has 0 atom stereocenters. The van der Waals surface area contributed by atoms with E-state index in [9.17, 15) is 18.0 Å². The first-order chi connectivity index (χ1) is 13.5. The summed E-state index contributed by atoms with van der Waals surface area (Å²) >= 11 is 0. The van der Waals surface area contributed by atoms with Crippen molar-refractivity contribution in [3.8, 4) is 11.3 Å². The third-order valence-corrected chi connectivity index (χ3v) is 4.51. The summed E-state index contributed by atoms with van der Waals surface area (Å²) in [6.07, 6.45) is 0. The van der Waals surface area contributed by atoms with E-state index in [2.05, 4.69) is 10.3 Å². The predicted molar refractivity (Wildman–Crippen MR) is 100 cm³/mol. The fraction of sp³-hybridized carbons (Fsp3) is 0.0476. The molecule has 1 N–H and O–H groups in total. The van der Waals surface area contributed by atoms with Gasteiger partial charge in [0.1, 0.15) is 23.0 Å². The van der Waals surface area contributed by atoms with E-state index in [4.69, 9.17) is 0 Å². The van der Waals surface area contributed by atoms with E-state index in [0.29, 0.717) is 5.69 Å². The van der Waals surface area contributed by atoms with Crippen LogP contribution in [0.25, 0.3) is 22.2 Å². The molecule has 4 rings (SSSR count). The summed E-state index contributed by atoms with van der Waals surface area (Å²) in [5, 5.41) is 3.17. The molecule has 0 bridgehead atoms. The number of nitrogens with one attached hydrogen (secondary N) is 1. The van der Waals surface area contributed by atoms with Gasteiger partial charge in [0.15, 0.2) is 0 Å². The molecule has 0 aliphatic heterocycles. The van der Waals surface area contributed by atoms with Crippen molar-refractivity contribution in [3.63, 3.8) is 0 Å². The number of halogens is 3. The van der Waals surface area contributed by atoms with Crippen LogP contribution in [0.15, 0.2) is 60.7 Å². The number of anilines is 1. The van der Waals surface area contributed by atoms with Crippen molar-refractivity contribution in [2.45, 2.75) is 0 Å². The molecule has 140 valence electrons. The standard InChI is InChI=1S/C21H14F3N3O/c1-27-16-8-3-2-5-12(16)11-17(27)13-9-10-18(25-20(13)24)26-21(28)19-14(22)6-4-7-15(19)23/h2-11H,1H3,(H,25,26,28). The van der Waals surface area contributed by atoms with Gasteiger partial charge in [0.05, 0.1) is 11.3 Å². The van der Waals surface area contributed by atoms with Crippen LogP contribution < -0.4 is 5.32 Å². The topological polar surface area (TPSA) is 46.9 Å². The molecule has 2 heterocycles. The third-order valence-electron chi connectivity index (χ3n) is 4.51. The summed E-state index contributed by atoms with van der Waals surface area (Å²) in [6.45, 7) is 0.